The number of carboxylic acid groups (broad SMARTS) is 1. The summed E-state index contributed by atoms with van der Waals surface area (Å²) in [5.41, 5.74) is -0.194. The molecule has 0 aliphatic rings. The van der Waals surface area contributed by atoms with E-state index in [1.165, 1.54) is 12.1 Å². The summed E-state index contributed by atoms with van der Waals surface area (Å²) in [6, 6.07) is 3.37. The quantitative estimate of drug-likeness (QED) is 0.780. The zero-order chi connectivity index (χ0) is 14.9. The van der Waals surface area contributed by atoms with Crippen molar-refractivity contribution in [3.8, 4) is 0 Å². The van der Waals surface area contributed by atoms with Crippen LogP contribution >= 0.6 is 11.6 Å². The van der Waals surface area contributed by atoms with Gasteiger partial charge in [0.15, 0.2) is 0 Å². The number of aryl methyl sites for hydroxylation is 1. The van der Waals surface area contributed by atoms with Crippen molar-refractivity contribution in [3.63, 3.8) is 0 Å². The zero-order valence-electron chi connectivity index (χ0n) is 10.1. The second kappa shape index (κ2) is 5.10. The molecule has 2 aromatic rings. The number of halogens is 1. The average molecular weight is 317 g/mol. The smallest absolute Gasteiger partial charge is 0.335 e. The lowest BCUT2D eigenvalue weighted by molar-refractivity contribution is 0.0696. The predicted molar refractivity (Wildman–Crippen MR) is 70.3 cm³/mol. The minimum absolute atomic E-state index is 0.102. The van der Waals surface area contributed by atoms with Gasteiger partial charge in [0.05, 0.1) is 10.6 Å². The first-order valence-corrected chi connectivity index (χ1v) is 7.10. The molecule has 10 heteroatoms. The van der Waals surface area contributed by atoms with Gasteiger partial charge in [-0.2, -0.15) is 4.98 Å². The fourth-order valence-corrected chi connectivity index (χ4v) is 2.88. The van der Waals surface area contributed by atoms with Crippen LogP contribution in [0.5, 0.6) is 0 Å². The lowest BCUT2D eigenvalue weighted by Crippen LogP contribution is -2.15. The molecule has 1 aromatic carbocycles. The number of benzene rings is 1. The molecule has 0 atom stereocenters. The number of H-pyrrole nitrogens is 1. The van der Waals surface area contributed by atoms with Gasteiger partial charge in [-0.15, -0.1) is 5.10 Å². The number of carbonyl (C=O) groups is 1. The number of aromatic carboxylic acids is 1. The highest BCUT2D eigenvalue weighted by molar-refractivity contribution is 7.92. The average Bonchev–Trinajstić information content (AvgIpc) is 2.73. The molecular weight excluding hydrogens is 308 g/mol. The van der Waals surface area contributed by atoms with E-state index in [2.05, 4.69) is 19.9 Å². The predicted octanol–water partition coefficient (Wildman–Crippen LogP) is 1.27. The van der Waals surface area contributed by atoms with E-state index < -0.39 is 16.0 Å². The number of aromatic amines is 1. The molecule has 0 bridgehead atoms. The first-order chi connectivity index (χ1) is 9.29. The summed E-state index contributed by atoms with van der Waals surface area (Å²) in [6.45, 7) is 1.60. The SMILES string of the molecule is Cc1nc(NS(=O)(=O)c2cc(C(=O)O)ccc2Cl)n[nH]1. The third-order valence-corrected chi connectivity index (χ3v) is 4.10. The fraction of sp³-hybridized carbons (Fsp3) is 0.100. The number of aromatic nitrogens is 3. The maximum absolute atomic E-state index is 12.1. The van der Waals surface area contributed by atoms with Crippen LogP contribution in [-0.4, -0.2) is 34.7 Å². The van der Waals surface area contributed by atoms with Crippen molar-refractivity contribution in [1.29, 1.82) is 0 Å². The molecular formula is C10H9ClN4O4S. The van der Waals surface area contributed by atoms with Crippen LogP contribution in [0.15, 0.2) is 23.1 Å². The van der Waals surface area contributed by atoms with E-state index in [0.717, 1.165) is 6.07 Å². The highest BCUT2D eigenvalue weighted by Gasteiger charge is 2.21. The van der Waals surface area contributed by atoms with E-state index in [0.29, 0.717) is 5.82 Å². The van der Waals surface area contributed by atoms with Crippen molar-refractivity contribution in [3.05, 3.63) is 34.6 Å². The largest absolute Gasteiger partial charge is 0.478 e. The molecule has 0 saturated heterocycles. The van der Waals surface area contributed by atoms with Crippen molar-refractivity contribution in [1.82, 2.24) is 15.2 Å². The summed E-state index contributed by atoms with van der Waals surface area (Å²) in [5.74, 6) is -0.987. The fourth-order valence-electron chi connectivity index (χ4n) is 1.41. The summed E-state index contributed by atoms with van der Waals surface area (Å²) in [7, 11) is -4.08. The Hall–Kier alpha value is -2.13. The number of rotatable bonds is 4. The number of nitrogens with one attached hydrogen (secondary N) is 2. The van der Waals surface area contributed by atoms with Crippen molar-refractivity contribution < 1.29 is 18.3 Å². The molecule has 0 spiro atoms. The normalized spacial score (nSPS) is 11.3. The third-order valence-electron chi connectivity index (χ3n) is 2.29. The first-order valence-electron chi connectivity index (χ1n) is 5.24. The number of nitrogens with zero attached hydrogens (tertiary/aromatic N) is 2. The van der Waals surface area contributed by atoms with Crippen molar-refractivity contribution in [2.24, 2.45) is 0 Å². The molecule has 106 valence electrons. The second-order valence-corrected chi connectivity index (χ2v) is 5.86. The van der Waals surface area contributed by atoms with Gasteiger partial charge in [0, 0.05) is 0 Å². The van der Waals surface area contributed by atoms with Crippen LogP contribution in [0.25, 0.3) is 0 Å². The minimum atomic E-state index is -4.08. The molecule has 0 aliphatic carbocycles. The molecule has 1 aromatic heterocycles. The van der Waals surface area contributed by atoms with Gasteiger partial charge in [0.2, 0.25) is 0 Å². The molecule has 8 nitrogen and oxygen atoms in total. The molecule has 20 heavy (non-hydrogen) atoms. The zero-order valence-corrected chi connectivity index (χ0v) is 11.7. The maximum atomic E-state index is 12.1. The number of hydrogen-bond acceptors (Lipinski definition) is 5. The molecule has 0 unspecified atom stereocenters. The van der Waals surface area contributed by atoms with E-state index in [-0.39, 0.29) is 21.4 Å². The first kappa shape index (κ1) is 14.3. The molecule has 0 saturated carbocycles. The van der Waals surface area contributed by atoms with E-state index in [1.54, 1.807) is 6.92 Å². The van der Waals surface area contributed by atoms with Gasteiger partial charge in [-0.25, -0.2) is 17.9 Å². The van der Waals surface area contributed by atoms with Crippen LogP contribution in [0, 0.1) is 6.92 Å². The number of carboxylic acids is 1. The lowest BCUT2D eigenvalue weighted by atomic mass is 10.2. The number of anilines is 1. The summed E-state index contributed by atoms with van der Waals surface area (Å²) < 4.78 is 26.4. The van der Waals surface area contributed by atoms with Gasteiger partial charge in [-0.05, 0) is 25.1 Å². The maximum Gasteiger partial charge on any atom is 0.335 e. The monoisotopic (exact) mass is 316 g/mol. The van der Waals surface area contributed by atoms with Crippen LogP contribution < -0.4 is 4.72 Å². The Morgan fingerprint density at radius 3 is 2.70 bits per heavy atom. The Kier molecular flexibility index (Phi) is 3.64. The molecule has 0 fully saturated rings. The van der Waals surface area contributed by atoms with Crippen molar-refractivity contribution >= 4 is 33.5 Å². The highest BCUT2D eigenvalue weighted by Crippen LogP contribution is 2.24. The summed E-state index contributed by atoms with van der Waals surface area (Å²) in [4.78, 5) is 14.3. The lowest BCUT2D eigenvalue weighted by Gasteiger charge is -2.07. The Morgan fingerprint density at radius 2 is 2.15 bits per heavy atom. The van der Waals surface area contributed by atoms with Crippen molar-refractivity contribution in [2.45, 2.75) is 11.8 Å². The van der Waals surface area contributed by atoms with Crippen LogP contribution in [0.1, 0.15) is 16.2 Å². The standard InChI is InChI=1S/C10H9ClN4O4S/c1-5-12-10(14-13-5)15-20(18,19)8-4-6(9(16)17)2-3-7(8)11/h2-4H,1H3,(H,16,17)(H2,12,13,14,15). The van der Waals surface area contributed by atoms with Crippen LogP contribution in [0.4, 0.5) is 5.95 Å². The van der Waals surface area contributed by atoms with Gasteiger partial charge in [-0.3, -0.25) is 5.10 Å². The number of sulfonamides is 1. The Balaban J connectivity index is 2.43. The molecule has 0 aliphatic heterocycles. The van der Waals surface area contributed by atoms with Crippen LogP contribution in [0.2, 0.25) is 5.02 Å². The minimum Gasteiger partial charge on any atom is -0.478 e. The number of hydrogen-bond donors (Lipinski definition) is 3. The van der Waals surface area contributed by atoms with Crippen molar-refractivity contribution in [2.75, 3.05) is 4.72 Å². The molecule has 0 amide bonds. The van der Waals surface area contributed by atoms with Crippen LogP contribution in [0.3, 0.4) is 0 Å². The Labute approximate surface area is 118 Å². The van der Waals surface area contributed by atoms with Gasteiger partial charge < -0.3 is 5.11 Å². The Morgan fingerprint density at radius 1 is 1.45 bits per heavy atom. The highest BCUT2D eigenvalue weighted by atomic mass is 35.5. The van der Waals surface area contributed by atoms with Gasteiger partial charge in [0.25, 0.3) is 16.0 Å². The molecule has 3 N–H and O–H groups in total. The summed E-state index contributed by atoms with van der Waals surface area (Å²) in [5, 5.41) is 14.9. The van der Waals surface area contributed by atoms with E-state index >= 15 is 0 Å². The van der Waals surface area contributed by atoms with E-state index in [1.807, 2.05) is 0 Å². The second-order valence-electron chi connectivity index (χ2n) is 3.80. The van der Waals surface area contributed by atoms with Crippen LogP contribution in [-0.2, 0) is 10.0 Å². The molecule has 1 heterocycles. The van der Waals surface area contributed by atoms with E-state index in [4.69, 9.17) is 16.7 Å². The summed E-state index contributed by atoms with van der Waals surface area (Å²) >= 11 is 5.80. The van der Waals surface area contributed by atoms with Gasteiger partial charge in [-0.1, -0.05) is 11.6 Å². The van der Waals surface area contributed by atoms with Gasteiger partial charge in [0.1, 0.15) is 10.7 Å². The van der Waals surface area contributed by atoms with E-state index in [9.17, 15) is 13.2 Å². The molecule has 2 rings (SSSR count). The third kappa shape index (κ3) is 2.89. The summed E-state index contributed by atoms with van der Waals surface area (Å²) in [6.07, 6.45) is 0. The molecule has 0 radical (unpaired) electrons. The topological polar surface area (TPSA) is 125 Å². The van der Waals surface area contributed by atoms with Gasteiger partial charge >= 0.3 is 5.97 Å². The Bertz CT molecular complexity index is 771.